The van der Waals surface area contributed by atoms with E-state index >= 15 is 0 Å². The van der Waals surface area contributed by atoms with Gasteiger partial charge in [-0.3, -0.25) is 14.9 Å². The van der Waals surface area contributed by atoms with Crippen LogP contribution in [0.4, 0.5) is 14.6 Å². The zero-order chi connectivity index (χ0) is 20.8. The number of benzene rings is 2. The molecule has 6 nitrogen and oxygen atoms in total. The van der Waals surface area contributed by atoms with Crippen molar-refractivity contribution in [3.8, 4) is 0 Å². The van der Waals surface area contributed by atoms with Crippen LogP contribution in [0.15, 0.2) is 70.5 Å². The van der Waals surface area contributed by atoms with E-state index in [1.54, 1.807) is 30.3 Å². The maximum Gasteiger partial charge on any atom is 0.258 e. The molecule has 3 rings (SSSR count). The quantitative estimate of drug-likeness (QED) is 0.447. The fourth-order valence-electron chi connectivity index (χ4n) is 2.38. The number of hydrogen-bond donors (Lipinski definition) is 3. The van der Waals surface area contributed by atoms with Crippen LogP contribution in [0.5, 0.6) is 0 Å². The van der Waals surface area contributed by atoms with Gasteiger partial charge < -0.3 is 10.3 Å². The molecule has 148 valence electrons. The minimum Gasteiger partial charge on any atom is -0.312 e. The van der Waals surface area contributed by atoms with Crippen molar-refractivity contribution in [2.24, 2.45) is 4.99 Å². The second-order valence-corrected chi connectivity index (χ2v) is 6.37. The number of H-pyrrole nitrogens is 1. The molecule has 9 heteroatoms. The van der Waals surface area contributed by atoms with Crippen LogP contribution in [0.25, 0.3) is 0 Å². The zero-order valence-electron chi connectivity index (χ0n) is 14.9. The highest BCUT2D eigenvalue weighted by atomic mass is 35.5. The van der Waals surface area contributed by atoms with Gasteiger partial charge in [-0.15, -0.1) is 0 Å². The third kappa shape index (κ3) is 5.73. The first-order valence-corrected chi connectivity index (χ1v) is 8.80. The number of aromatic nitrogens is 1. The van der Waals surface area contributed by atoms with Gasteiger partial charge in [-0.2, -0.15) is 0 Å². The van der Waals surface area contributed by atoms with E-state index in [1.165, 1.54) is 12.1 Å². The lowest BCUT2D eigenvalue weighted by Gasteiger charge is -2.12. The number of carbonyl (C=O) groups is 1. The number of nitrogens with zero attached hydrogens (tertiary/aromatic N) is 1. The second-order valence-electron chi connectivity index (χ2n) is 5.93. The van der Waals surface area contributed by atoms with Gasteiger partial charge in [0.25, 0.3) is 5.91 Å². The Morgan fingerprint density at radius 2 is 1.83 bits per heavy atom. The summed E-state index contributed by atoms with van der Waals surface area (Å²) < 4.78 is 26.5. The van der Waals surface area contributed by atoms with Crippen LogP contribution in [0, 0.1) is 11.6 Å². The lowest BCUT2D eigenvalue weighted by atomic mass is 10.2. The fraction of sp³-hybridized carbons (Fsp3) is 0.0500. The van der Waals surface area contributed by atoms with Gasteiger partial charge in [0.1, 0.15) is 5.82 Å². The van der Waals surface area contributed by atoms with E-state index in [0.29, 0.717) is 5.02 Å². The number of carbonyl (C=O) groups excluding carboxylic acids is 1. The third-order valence-electron chi connectivity index (χ3n) is 3.74. The Morgan fingerprint density at radius 3 is 2.55 bits per heavy atom. The Kier molecular flexibility index (Phi) is 6.36. The maximum absolute atomic E-state index is 13.4. The average Bonchev–Trinajstić information content (AvgIpc) is 2.68. The standard InChI is InChI=1S/C20H15ClF2N4O2/c21-14-4-1-3-12(9-14)11-24-20(26-17-5-2-6-18(28)25-17)27-19(29)13-7-8-15(22)16(23)10-13/h1-10H,11H2,(H3,24,25,26,27,28,29). The van der Waals surface area contributed by atoms with Crippen molar-refractivity contribution in [1.82, 2.24) is 10.3 Å². The zero-order valence-corrected chi connectivity index (χ0v) is 15.6. The van der Waals surface area contributed by atoms with Gasteiger partial charge in [0.2, 0.25) is 11.5 Å². The summed E-state index contributed by atoms with van der Waals surface area (Å²) >= 11 is 5.96. The minimum atomic E-state index is -1.14. The molecule has 0 aliphatic heterocycles. The molecule has 0 spiro atoms. The molecule has 1 heterocycles. The Morgan fingerprint density at radius 1 is 1.03 bits per heavy atom. The average molecular weight is 417 g/mol. The molecule has 0 radical (unpaired) electrons. The van der Waals surface area contributed by atoms with Gasteiger partial charge in [-0.05, 0) is 42.0 Å². The predicted molar refractivity (Wildman–Crippen MR) is 107 cm³/mol. The molecular weight excluding hydrogens is 402 g/mol. The molecule has 0 atom stereocenters. The van der Waals surface area contributed by atoms with E-state index < -0.39 is 17.5 Å². The molecule has 2 aromatic carbocycles. The lowest BCUT2D eigenvalue weighted by molar-refractivity contribution is 0.0976. The van der Waals surface area contributed by atoms with Crippen LogP contribution in [0.3, 0.4) is 0 Å². The Labute approximate surface area is 169 Å². The highest BCUT2D eigenvalue weighted by Crippen LogP contribution is 2.12. The van der Waals surface area contributed by atoms with Gasteiger partial charge in [-0.25, -0.2) is 13.8 Å². The van der Waals surface area contributed by atoms with E-state index in [1.807, 2.05) is 0 Å². The molecule has 1 aromatic heterocycles. The van der Waals surface area contributed by atoms with Gasteiger partial charge in [0.05, 0.1) is 6.54 Å². The second kappa shape index (κ2) is 9.11. The molecular formula is C20H15ClF2N4O2. The molecule has 0 aliphatic rings. The number of aromatic amines is 1. The Hall–Kier alpha value is -3.52. The van der Waals surface area contributed by atoms with Crippen molar-refractivity contribution < 1.29 is 13.6 Å². The molecule has 0 saturated heterocycles. The van der Waals surface area contributed by atoms with Crippen LogP contribution in [0.1, 0.15) is 15.9 Å². The molecule has 0 unspecified atom stereocenters. The van der Waals surface area contributed by atoms with Gasteiger partial charge in [-0.1, -0.05) is 29.8 Å². The summed E-state index contributed by atoms with van der Waals surface area (Å²) in [6, 6.07) is 14.2. The number of halogens is 3. The van der Waals surface area contributed by atoms with Gasteiger partial charge >= 0.3 is 0 Å². The number of rotatable bonds is 4. The summed E-state index contributed by atoms with van der Waals surface area (Å²) in [7, 11) is 0. The van der Waals surface area contributed by atoms with E-state index in [0.717, 1.165) is 23.8 Å². The molecule has 3 N–H and O–H groups in total. The number of anilines is 1. The summed E-state index contributed by atoms with van der Waals surface area (Å²) in [6.07, 6.45) is 0. The molecule has 0 fully saturated rings. The van der Waals surface area contributed by atoms with Crippen molar-refractivity contribution in [3.05, 3.63) is 98.8 Å². The SMILES string of the molecule is O=C(NC(=NCc1cccc(Cl)c1)Nc1cccc(=O)[nH]1)c1ccc(F)c(F)c1. The topological polar surface area (TPSA) is 86.3 Å². The number of aliphatic imine (C=N–C) groups is 1. The number of nitrogens with one attached hydrogen (secondary N) is 3. The van der Waals surface area contributed by atoms with Crippen molar-refractivity contribution in [1.29, 1.82) is 0 Å². The molecule has 29 heavy (non-hydrogen) atoms. The first kappa shape index (κ1) is 20.2. The van der Waals surface area contributed by atoms with Crippen LogP contribution < -0.4 is 16.2 Å². The first-order valence-electron chi connectivity index (χ1n) is 8.42. The molecule has 0 bridgehead atoms. The van der Waals surface area contributed by atoms with Crippen molar-refractivity contribution in [2.45, 2.75) is 6.54 Å². The normalized spacial score (nSPS) is 11.2. The molecule has 1 amide bonds. The van der Waals surface area contributed by atoms with Gasteiger partial charge in [0.15, 0.2) is 11.6 Å². The monoisotopic (exact) mass is 416 g/mol. The van der Waals surface area contributed by atoms with Crippen LogP contribution >= 0.6 is 11.6 Å². The molecule has 0 aliphatic carbocycles. The van der Waals surface area contributed by atoms with E-state index in [4.69, 9.17) is 11.6 Å². The predicted octanol–water partition coefficient (Wildman–Crippen LogP) is 3.70. The lowest BCUT2D eigenvalue weighted by Crippen LogP contribution is -2.36. The number of pyridine rings is 1. The van der Waals surface area contributed by atoms with Crippen LogP contribution in [0.2, 0.25) is 5.02 Å². The Balaban J connectivity index is 1.84. The minimum absolute atomic E-state index is 0.00144. The van der Waals surface area contributed by atoms with Crippen molar-refractivity contribution >= 4 is 29.3 Å². The van der Waals surface area contributed by atoms with E-state index in [9.17, 15) is 18.4 Å². The van der Waals surface area contributed by atoms with E-state index in [2.05, 4.69) is 20.6 Å². The first-order chi connectivity index (χ1) is 13.9. The molecule has 3 aromatic rings. The summed E-state index contributed by atoms with van der Waals surface area (Å²) in [6.45, 7) is 0.165. The smallest absolute Gasteiger partial charge is 0.258 e. The highest BCUT2D eigenvalue weighted by molar-refractivity contribution is 6.30. The number of amides is 1. The summed E-state index contributed by atoms with van der Waals surface area (Å²) in [5.41, 5.74) is 0.333. The largest absolute Gasteiger partial charge is 0.312 e. The highest BCUT2D eigenvalue weighted by Gasteiger charge is 2.12. The summed E-state index contributed by atoms with van der Waals surface area (Å²) in [4.78, 5) is 30.7. The Bertz CT molecular complexity index is 1130. The number of hydrogen-bond acceptors (Lipinski definition) is 3. The third-order valence-corrected chi connectivity index (χ3v) is 3.98. The van der Waals surface area contributed by atoms with Crippen LogP contribution in [-0.4, -0.2) is 16.9 Å². The van der Waals surface area contributed by atoms with Crippen LogP contribution in [-0.2, 0) is 6.54 Å². The van der Waals surface area contributed by atoms with E-state index in [-0.39, 0.29) is 29.4 Å². The summed E-state index contributed by atoms with van der Waals surface area (Å²) in [5, 5.41) is 5.81. The van der Waals surface area contributed by atoms with Crippen molar-refractivity contribution in [2.75, 3.05) is 5.32 Å². The number of guanidine groups is 1. The molecule has 0 saturated carbocycles. The van der Waals surface area contributed by atoms with Gasteiger partial charge in [0, 0.05) is 16.7 Å². The maximum atomic E-state index is 13.4. The fourth-order valence-corrected chi connectivity index (χ4v) is 2.59. The summed E-state index contributed by atoms with van der Waals surface area (Å²) in [5.74, 6) is -2.62. The van der Waals surface area contributed by atoms with Crippen molar-refractivity contribution in [3.63, 3.8) is 0 Å².